The normalized spacial score (nSPS) is 12.9. The molecule has 2 aromatic heterocycles. The molecule has 2 rings (SSSR count). The fraction of sp³-hybridized carbons (Fsp3) is 0.364. The topological polar surface area (TPSA) is 119 Å². The minimum absolute atomic E-state index is 0.0318. The van der Waals surface area contributed by atoms with Crippen LogP contribution in [-0.2, 0) is 11.0 Å². The second kappa shape index (κ2) is 5.70. The Kier molecular flexibility index (Phi) is 4.08. The molecule has 0 spiro atoms. The second-order valence-electron chi connectivity index (χ2n) is 4.67. The number of hydrogen-bond donors (Lipinski definition) is 2. The summed E-state index contributed by atoms with van der Waals surface area (Å²) in [7, 11) is 0. The van der Waals surface area contributed by atoms with E-state index in [0.717, 1.165) is 17.1 Å². The molecule has 1 atom stereocenters. The van der Waals surface area contributed by atoms with Gasteiger partial charge in [-0.1, -0.05) is 0 Å². The van der Waals surface area contributed by atoms with Gasteiger partial charge in [0, 0.05) is 0 Å². The molecular formula is C11H11F3N6O3. The first kappa shape index (κ1) is 16.5. The van der Waals surface area contributed by atoms with Gasteiger partial charge in [0.15, 0.2) is 5.69 Å². The Morgan fingerprint density at radius 2 is 2.17 bits per heavy atom. The number of rotatable bonds is 4. The third kappa shape index (κ3) is 3.30. The summed E-state index contributed by atoms with van der Waals surface area (Å²) in [5, 5.41) is 21.6. The number of carbonyl (C=O) groups is 1. The summed E-state index contributed by atoms with van der Waals surface area (Å²) in [6, 6.07) is -1.06. The van der Waals surface area contributed by atoms with Crippen LogP contribution >= 0.6 is 0 Å². The Morgan fingerprint density at radius 1 is 1.52 bits per heavy atom. The number of nitro groups is 1. The number of carbonyl (C=O) groups excluding carboxylic acids is 1. The lowest BCUT2D eigenvalue weighted by Gasteiger charge is -2.13. The molecule has 0 aliphatic rings. The number of nitrogens with zero attached hydrogens (tertiary/aromatic N) is 4. The third-order valence-electron chi connectivity index (χ3n) is 3.04. The molecule has 1 amide bonds. The number of halogens is 3. The smallest absolute Gasteiger partial charge is 0.321 e. The molecule has 2 N–H and O–H groups in total. The number of aryl methyl sites for hydroxylation is 1. The van der Waals surface area contributed by atoms with E-state index >= 15 is 0 Å². The molecule has 23 heavy (non-hydrogen) atoms. The first-order valence-corrected chi connectivity index (χ1v) is 6.23. The molecule has 1 unspecified atom stereocenters. The van der Waals surface area contributed by atoms with Gasteiger partial charge in [0.2, 0.25) is 5.91 Å². The minimum Gasteiger partial charge on any atom is -0.321 e. The van der Waals surface area contributed by atoms with Crippen LogP contribution in [0.4, 0.5) is 24.5 Å². The van der Waals surface area contributed by atoms with Gasteiger partial charge in [-0.2, -0.15) is 23.4 Å². The molecule has 2 aromatic rings. The molecule has 0 saturated carbocycles. The van der Waals surface area contributed by atoms with Crippen molar-refractivity contribution in [3.8, 4) is 0 Å². The van der Waals surface area contributed by atoms with Gasteiger partial charge in [0.05, 0.1) is 16.3 Å². The summed E-state index contributed by atoms with van der Waals surface area (Å²) in [4.78, 5) is 21.9. The maximum atomic E-state index is 12.8. The average Bonchev–Trinajstić information content (AvgIpc) is 3.05. The van der Waals surface area contributed by atoms with E-state index in [0.29, 0.717) is 0 Å². The molecule has 0 aliphatic carbocycles. The average molecular weight is 332 g/mol. The molecule has 12 heteroatoms. The van der Waals surface area contributed by atoms with Crippen LogP contribution in [0.2, 0.25) is 0 Å². The van der Waals surface area contributed by atoms with Gasteiger partial charge in [-0.3, -0.25) is 24.7 Å². The summed E-state index contributed by atoms with van der Waals surface area (Å²) in [5.41, 5.74) is -2.04. The van der Waals surface area contributed by atoms with Crippen molar-refractivity contribution < 1.29 is 22.9 Å². The van der Waals surface area contributed by atoms with E-state index in [9.17, 15) is 28.1 Å². The Labute approximate surface area is 126 Å². The molecule has 0 fully saturated rings. The van der Waals surface area contributed by atoms with E-state index in [1.54, 1.807) is 0 Å². The van der Waals surface area contributed by atoms with Gasteiger partial charge < -0.3 is 5.32 Å². The van der Waals surface area contributed by atoms with Crippen LogP contribution < -0.4 is 5.32 Å². The van der Waals surface area contributed by atoms with Gasteiger partial charge in [-0.05, 0) is 13.8 Å². The number of anilines is 1. The Morgan fingerprint density at radius 3 is 2.70 bits per heavy atom. The number of H-pyrrole nitrogens is 1. The summed E-state index contributed by atoms with van der Waals surface area (Å²) in [5.74, 6) is -0.821. The minimum atomic E-state index is -4.74. The van der Waals surface area contributed by atoms with Gasteiger partial charge in [0.25, 0.3) is 0 Å². The van der Waals surface area contributed by atoms with Gasteiger partial charge in [-0.25, -0.2) is 0 Å². The zero-order valence-corrected chi connectivity index (χ0v) is 11.9. The lowest BCUT2D eigenvalue weighted by atomic mass is 10.2. The van der Waals surface area contributed by atoms with E-state index in [4.69, 9.17) is 0 Å². The van der Waals surface area contributed by atoms with Gasteiger partial charge >= 0.3 is 11.9 Å². The van der Waals surface area contributed by atoms with Crippen LogP contribution in [0.1, 0.15) is 24.4 Å². The Balaban J connectivity index is 2.22. The first-order chi connectivity index (χ1) is 10.6. The molecular weight excluding hydrogens is 321 g/mol. The van der Waals surface area contributed by atoms with Gasteiger partial charge in [-0.15, -0.1) is 0 Å². The molecule has 0 aliphatic heterocycles. The number of aromatic amines is 1. The molecule has 9 nitrogen and oxygen atoms in total. The second-order valence-corrected chi connectivity index (χ2v) is 4.67. The lowest BCUT2D eigenvalue weighted by molar-refractivity contribution is -0.385. The highest BCUT2D eigenvalue weighted by atomic mass is 19.4. The van der Waals surface area contributed by atoms with Crippen molar-refractivity contribution in [3.05, 3.63) is 33.9 Å². The van der Waals surface area contributed by atoms with E-state index < -0.39 is 34.4 Å². The van der Waals surface area contributed by atoms with Crippen molar-refractivity contribution in [2.24, 2.45) is 0 Å². The predicted molar refractivity (Wildman–Crippen MR) is 70.5 cm³/mol. The van der Waals surface area contributed by atoms with Crippen LogP contribution in [0.25, 0.3) is 0 Å². The highest BCUT2D eigenvalue weighted by Crippen LogP contribution is 2.34. The zero-order chi connectivity index (χ0) is 17.4. The summed E-state index contributed by atoms with van der Waals surface area (Å²) < 4.78 is 39.4. The predicted octanol–water partition coefficient (Wildman–Crippen LogP) is 2.04. The van der Waals surface area contributed by atoms with Crippen molar-refractivity contribution in [2.45, 2.75) is 26.1 Å². The summed E-state index contributed by atoms with van der Waals surface area (Å²) in [6.07, 6.45) is -2.79. The van der Waals surface area contributed by atoms with Crippen LogP contribution in [-0.4, -0.2) is 30.8 Å². The fourth-order valence-corrected chi connectivity index (χ4v) is 1.77. The monoisotopic (exact) mass is 332 g/mol. The molecule has 0 saturated heterocycles. The van der Waals surface area contributed by atoms with Crippen molar-refractivity contribution in [1.82, 2.24) is 20.0 Å². The number of hydrogen-bond acceptors (Lipinski definition) is 5. The fourth-order valence-electron chi connectivity index (χ4n) is 1.77. The number of amides is 1. The SMILES string of the molecule is Cc1[nH]nc(C(F)(F)F)c1NC(=O)C(C)n1cc([N+](=O)[O-])cn1. The maximum Gasteiger partial charge on any atom is 0.437 e. The van der Waals surface area contributed by atoms with E-state index in [2.05, 4.69) is 20.6 Å². The summed E-state index contributed by atoms with van der Waals surface area (Å²) >= 11 is 0. The van der Waals surface area contributed by atoms with Gasteiger partial charge in [0.1, 0.15) is 18.4 Å². The van der Waals surface area contributed by atoms with E-state index in [1.807, 2.05) is 0 Å². The maximum absolute atomic E-state index is 12.8. The summed E-state index contributed by atoms with van der Waals surface area (Å²) in [6.45, 7) is 2.66. The standard InChI is InChI=1S/C11H11F3N6O3/c1-5-8(9(18-17-5)11(12,13)14)16-10(21)6(2)19-4-7(3-15-19)20(22)23/h3-4,6H,1-2H3,(H,16,21)(H,17,18). The lowest BCUT2D eigenvalue weighted by Crippen LogP contribution is -2.25. The highest BCUT2D eigenvalue weighted by molar-refractivity contribution is 5.94. The largest absolute Gasteiger partial charge is 0.437 e. The zero-order valence-electron chi connectivity index (χ0n) is 11.9. The number of aromatic nitrogens is 4. The third-order valence-corrected chi connectivity index (χ3v) is 3.04. The first-order valence-electron chi connectivity index (χ1n) is 6.23. The number of alkyl halides is 3. The van der Waals surface area contributed by atoms with E-state index in [-0.39, 0.29) is 11.4 Å². The molecule has 0 radical (unpaired) electrons. The van der Waals surface area contributed by atoms with Crippen LogP contribution in [0, 0.1) is 17.0 Å². The molecule has 0 bridgehead atoms. The van der Waals surface area contributed by atoms with Crippen LogP contribution in [0.5, 0.6) is 0 Å². The van der Waals surface area contributed by atoms with Crippen molar-refractivity contribution in [3.63, 3.8) is 0 Å². The van der Waals surface area contributed by atoms with Crippen LogP contribution in [0.3, 0.4) is 0 Å². The molecule has 124 valence electrons. The Bertz CT molecular complexity index is 751. The van der Waals surface area contributed by atoms with E-state index in [1.165, 1.54) is 13.8 Å². The van der Waals surface area contributed by atoms with Crippen molar-refractivity contribution in [1.29, 1.82) is 0 Å². The quantitative estimate of drug-likeness (QED) is 0.656. The van der Waals surface area contributed by atoms with Crippen LogP contribution in [0.15, 0.2) is 12.4 Å². The molecule has 2 heterocycles. The highest BCUT2D eigenvalue weighted by Gasteiger charge is 2.38. The molecule has 0 aromatic carbocycles. The Hall–Kier alpha value is -2.92. The number of nitrogens with one attached hydrogen (secondary N) is 2. The van der Waals surface area contributed by atoms with Crippen molar-refractivity contribution in [2.75, 3.05) is 5.32 Å². The van der Waals surface area contributed by atoms with Crippen molar-refractivity contribution >= 4 is 17.3 Å².